The lowest BCUT2D eigenvalue weighted by Gasteiger charge is -2.03. The Hall–Kier alpha value is -2.34. The number of nitrogens with one attached hydrogen (secondary N) is 1. The van der Waals surface area contributed by atoms with E-state index in [1.165, 1.54) is 4.57 Å². The molecule has 0 aliphatic carbocycles. The Labute approximate surface area is 109 Å². The normalized spacial score (nSPS) is 10.5. The third-order valence-corrected chi connectivity index (χ3v) is 2.78. The maximum atomic E-state index is 11.7. The number of hydrogen-bond donors (Lipinski definition) is 2. The first kappa shape index (κ1) is 13.1. The zero-order valence-electron chi connectivity index (χ0n) is 10.8. The number of rotatable bonds is 3. The van der Waals surface area contributed by atoms with E-state index in [4.69, 9.17) is 10.3 Å². The van der Waals surface area contributed by atoms with Crippen molar-refractivity contribution in [1.29, 1.82) is 0 Å². The first-order valence-electron chi connectivity index (χ1n) is 5.78. The fourth-order valence-corrected chi connectivity index (χ4v) is 1.82. The molecule has 0 aliphatic rings. The van der Waals surface area contributed by atoms with Crippen LogP contribution in [-0.4, -0.2) is 10.5 Å². The van der Waals surface area contributed by atoms with Crippen LogP contribution in [0.1, 0.15) is 27.4 Å². The van der Waals surface area contributed by atoms with Crippen molar-refractivity contribution in [2.45, 2.75) is 20.4 Å². The molecule has 6 heteroatoms. The summed E-state index contributed by atoms with van der Waals surface area (Å²) in [5, 5.41) is 0. The Kier molecular flexibility index (Phi) is 3.52. The van der Waals surface area contributed by atoms with Crippen molar-refractivity contribution in [3.8, 4) is 0 Å². The molecule has 0 saturated heterocycles. The lowest BCUT2D eigenvalue weighted by molar-refractivity contribution is 0.0923. The summed E-state index contributed by atoms with van der Waals surface area (Å²) in [6.07, 6.45) is 1.69. The van der Waals surface area contributed by atoms with Gasteiger partial charge in [0.2, 0.25) is 0 Å². The van der Waals surface area contributed by atoms with Crippen LogP contribution in [0.5, 0.6) is 0 Å². The minimum atomic E-state index is -0.486. The van der Waals surface area contributed by atoms with Gasteiger partial charge in [0.25, 0.3) is 5.56 Å². The summed E-state index contributed by atoms with van der Waals surface area (Å²) in [5.74, 6) is 5.27. The van der Waals surface area contributed by atoms with Crippen molar-refractivity contribution < 1.29 is 9.21 Å². The number of carbonyl (C=O) groups is 1. The summed E-state index contributed by atoms with van der Waals surface area (Å²) in [5.41, 5.74) is 3.49. The van der Waals surface area contributed by atoms with E-state index in [9.17, 15) is 9.59 Å². The van der Waals surface area contributed by atoms with Crippen molar-refractivity contribution in [2.75, 3.05) is 0 Å². The van der Waals surface area contributed by atoms with Crippen LogP contribution in [0.3, 0.4) is 0 Å². The molecule has 0 atom stereocenters. The Bertz CT molecular complexity index is 670. The van der Waals surface area contributed by atoms with Gasteiger partial charge in [-0.05, 0) is 31.5 Å². The lowest BCUT2D eigenvalue weighted by atomic mass is 10.2. The molecule has 1 amide bonds. The number of amides is 1. The smallest absolute Gasteiger partial charge is 0.301 e. The molecule has 0 unspecified atom stereocenters. The lowest BCUT2D eigenvalue weighted by Crippen LogP contribution is -2.30. The predicted molar refractivity (Wildman–Crippen MR) is 69.6 cm³/mol. The molecule has 2 aromatic rings. The molecule has 0 aromatic carbocycles. The quantitative estimate of drug-likeness (QED) is 0.483. The highest BCUT2D eigenvalue weighted by molar-refractivity contribution is 5.92. The Morgan fingerprint density at radius 3 is 2.79 bits per heavy atom. The van der Waals surface area contributed by atoms with E-state index in [-0.39, 0.29) is 17.9 Å². The second kappa shape index (κ2) is 5.11. The van der Waals surface area contributed by atoms with Crippen LogP contribution >= 0.6 is 0 Å². The van der Waals surface area contributed by atoms with Crippen LogP contribution in [0.25, 0.3) is 0 Å². The number of hydrazine groups is 1. The van der Waals surface area contributed by atoms with Gasteiger partial charge in [-0.2, -0.15) is 0 Å². The second-order valence-electron chi connectivity index (χ2n) is 4.37. The number of nitrogens with zero attached hydrogens (tertiary/aromatic N) is 1. The number of carbonyl (C=O) groups excluding carboxylic acids is 1. The van der Waals surface area contributed by atoms with Gasteiger partial charge in [0, 0.05) is 17.8 Å². The van der Waals surface area contributed by atoms with Gasteiger partial charge in [-0.15, -0.1) is 0 Å². The van der Waals surface area contributed by atoms with Gasteiger partial charge in [-0.3, -0.25) is 15.0 Å². The zero-order chi connectivity index (χ0) is 14.0. The van der Waals surface area contributed by atoms with E-state index in [2.05, 4.69) is 0 Å². The summed E-state index contributed by atoms with van der Waals surface area (Å²) in [6.45, 7) is 3.87. The Morgan fingerprint density at radius 1 is 1.42 bits per heavy atom. The number of aromatic nitrogens is 1. The van der Waals surface area contributed by atoms with Gasteiger partial charge in [-0.25, -0.2) is 5.84 Å². The summed E-state index contributed by atoms with van der Waals surface area (Å²) in [7, 11) is 0. The molecular formula is C13H15N3O3. The standard InChI is InChI=1S/C13H15N3O3/c1-8-3-4-16(11(17)5-8)7-10-6-9(2)12(19-10)13(18)15-14/h3-6H,7,14H2,1-2H3,(H,15,18). The molecule has 0 aliphatic heterocycles. The number of furan rings is 1. The Balaban J connectivity index is 2.29. The highest BCUT2D eigenvalue weighted by Gasteiger charge is 2.14. The molecule has 6 nitrogen and oxygen atoms in total. The van der Waals surface area contributed by atoms with Crippen molar-refractivity contribution >= 4 is 5.91 Å². The summed E-state index contributed by atoms with van der Waals surface area (Å²) >= 11 is 0. The number of aryl methyl sites for hydroxylation is 2. The molecule has 100 valence electrons. The molecule has 2 heterocycles. The fourth-order valence-electron chi connectivity index (χ4n) is 1.82. The number of pyridine rings is 1. The van der Waals surface area contributed by atoms with Crippen LogP contribution in [-0.2, 0) is 6.54 Å². The molecular weight excluding hydrogens is 246 g/mol. The third kappa shape index (κ3) is 2.74. The maximum Gasteiger partial charge on any atom is 0.301 e. The monoisotopic (exact) mass is 261 g/mol. The number of hydrogen-bond acceptors (Lipinski definition) is 4. The van der Waals surface area contributed by atoms with Gasteiger partial charge in [0.1, 0.15) is 5.76 Å². The van der Waals surface area contributed by atoms with Gasteiger partial charge >= 0.3 is 5.91 Å². The number of nitrogens with two attached hydrogens (primary N) is 1. The predicted octanol–water partition coefficient (Wildman–Crippen LogP) is 0.710. The van der Waals surface area contributed by atoms with E-state index in [1.807, 2.05) is 18.4 Å². The van der Waals surface area contributed by atoms with Crippen molar-refractivity contribution in [3.63, 3.8) is 0 Å². The molecule has 0 fully saturated rings. The number of nitrogen functional groups attached to an aromatic ring is 1. The molecule has 2 rings (SSSR count). The highest BCUT2D eigenvalue weighted by Crippen LogP contribution is 2.15. The topological polar surface area (TPSA) is 90.3 Å². The van der Waals surface area contributed by atoms with Gasteiger partial charge in [0.15, 0.2) is 5.76 Å². The van der Waals surface area contributed by atoms with Gasteiger partial charge in [0.05, 0.1) is 6.54 Å². The maximum absolute atomic E-state index is 11.7. The molecule has 2 aromatic heterocycles. The second-order valence-corrected chi connectivity index (χ2v) is 4.37. The molecule has 0 radical (unpaired) electrons. The van der Waals surface area contributed by atoms with Gasteiger partial charge < -0.3 is 8.98 Å². The van der Waals surface area contributed by atoms with Crippen molar-refractivity contribution in [3.05, 3.63) is 57.4 Å². The minimum Gasteiger partial charge on any atom is -0.454 e. The van der Waals surface area contributed by atoms with Crippen LogP contribution in [0, 0.1) is 13.8 Å². The van der Waals surface area contributed by atoms with E-state index < -0.39 is 5.91 Å². The van der Waals surface area contributed by atoms with E-state index in [0.29, 0.717) is 11.3 Å². The van der Waals surface area contributed by atoms with E-state index in [1.54, 1.807) is 25.3 Å². The van der Waals surface area contributed by atoms with Crippen molar-refractivity contribution in [2.24, 2.45) is 5.84 Å². The third-order valence-electron chi connectivity index (χ3n) is 2.78. The minimum absolute atomic E-state index is 0.112. The highest BCUT2D eigenvalue weighted by atomic mass is 16.4. The Morgan fingerprint density at radius 2 is 2.16 bits per heavy atom. The zero-order valence-corrected chi connectivity index (χ0v) is 10.8. The van der Waals surface area contributed by atoms with Crippen molar-refractivity contribution in [1.82, 2.24) is 9.99 Å². The van der Waals surface area contributed by atoms with E-state index in [0.717, 1.165) is 5.56 Å². The van der Waals surface area contributed by atoms with E-state index >= 15 is 0 Å². The van der Waals surface area contributed by atoms with Gasteiger partial charge in [-0.1, -0.05) is 0 Å². The summed E-state index contributed by atoms with van der Waals surface area (Å²) in [6, 6.07) is 5.10. The molecule has 3 N–H and O–H groups in total. The average molecular weight is 261 g/mol. The first-order chi connectivity index (χ1) is 9.01. The molecule has 0 saturated carbocycles. The summed E-state index contributed by atoms with van der Waals surface area (Å²) < 4.78 is 6.91. The summed E-state index contributed by atoms with van der Waals surface area (Å²) in [4.78, 5) is 23.2. The molecule has 19 heavy (non-hydrogen) atoms. The molecule has 0 spiro atoms. The SMILES string of the molecule is Cc1ccn(Cc2cc(C)c(C(=O)NN)o2)c(=O)c1. The van der Waals surface area contributed by atoms with Crippen LogP contribution in [0.2, 0.25) is 0 Å². The molecule has 0 bridgehead atoms. The van der Waals surface area contributed by atoms with Crippen LogP contribution in [0.4, 0.5) is 0 Å². The first-order valence-corrected chi connectivity index (χ1v) is 5.78. The van der Waals surface area contributed by atoms with Crippen LogP contribution < -0.4 is 16.8 Å². The largest absolute Gasteiger partial charge is 0.454 e. The van der Waals surface area contributed by atoms with Crippen LogP contribution in [0.15, 0.2) is 33.6 Å². The fraction of sp³-hybridized carbons (Fsp3) is 0.231. The average Bonchev–Trinajstić information content (AvgIpc) is 2.73.